The Morgan fingerprint density at radius 3 is 2.65 bits per heavy atom. The summed E-state index contributed by atoms with van der Waals surface area (Å²) < 4.78 is 5.12. The molecule has 1 rings (SSSR count). The van der Waals surface area contributed by atoms with Crippen molar-refractivity contribution in [1.29, 1.82) is 0 Å². The molecular formula is C16H26N2O2. The zero-order valence-corrected chi connectivity index (χ0v) is 13.1. The van der Waals surface area contributed by atoms with Gasteiger partial charge in [-0.1, -0.05) is 33.8 Å². The Morgan fingerprint density at radius 1 is 1.35 bits per heavy atom. The second kappa shape index (κ2) is 7.29. The third-order valence-electron chi connectivity index (χ3n) is 3.78. The van der Waals surface area contributed by atoms with Crippen molar-refractivity contribution in [3.63, 3.8) is 0 Å². The molecule has 4 heteroatoms. The van der Waals surface area contributed by atoms with Gasteiger partial charge in [0.15, 0.2) is 0 Å². The van der Waals surface area contributed by atoms with Crippen LogP contribution >= 0.6 is 0 Å². The average Bonchev–Trinajstić information content (AvgIpc) is 2.38. The number of benzene rings is 1. The van der Waals surface area contributed by atoms with Crippen LogP contribution in [0.25, 0.3) is 0 Å². The molecule has 0 unspecified atom stereocenters. The van der Waals surface area contributed by atoms with Crippen molar-refractivity contribution in [2.75, 3.05) is 25.5 Å². The highest BCUT2D eigenvalue weighted by molar-refractivity contribution is 5.92. The van der Waals surface area contributed by atoms with E-state index in [0.717, 1.165) is 18.0 Å². The minimum atomic E-state index is -0.0437. The van der Waals surface area contributed by atoms with Crippen LogP contribution in [0.4, 0.5) is 5.69 Å². The summed E-state index contributed by atoms with van der Waals surface area (Å²) in [7, 11) is 1.61. The summed E-state index contributed by atoms with van der Waals surface area (Å²) in [5, 5.41) is 6.06. The third kappa shape index (κ3) is 5.21. The summed E-state index contributed by atoms with van der Waals surface area (Å²) in [6, 6.07) is 7.34. The van der Waals surface area contributed by atoms with Crippen LogP contribution in [0, 0.1) is 11.3 Å². The summed E-state index contributed by atoms with van der Waals surface area (Å²) in [6.07, 6.45) is 0. The van der Waals surface area contributed by atoms with Gasteiger partial charge in [-0.05, 0) is 23.5 Å². The molecule has 4 nitrogen and oxygen atoms in total. The molecule has 0 fully saturated rings. The lowest BCUT2D eigenvalue weighted by Crippen LogP contribution is -2.37. The fraction of sp³-hybridized carbons (Fsp3) is 0.562. The van der Waals surface area contributed by atoms with Gasteiger partial charge in [-0.2, -0.15) is 0 Å². The van der Waals surface area contributed by atoms with Gasteiger partial charge in [-0.15, -0.1) is 0 Å². The smallest absolute Gasteiger partial charge is 0.238 e. The number of hydrogen-bond donors (Lipinski definition) is 2. The van der Waals surface area contributed by atoms with E-state index >= 15 is 0 Å². The van der Waals surface area contributed by atoms with Crippen molar-refractivity contribution in [1.82, 2.24) is 5.32 Å². The Labute approximate surface area is 121 Å². The van der Waals surface area contributed by atoms with E-state index in [-0.39, 0.29) is 11.3 Å². The van der Waals surface area contributed by atoms with E-state index in [4.69, 9.17) is 4.74 Å². The highest BCUT2D eigenvalue weighted by Gasteiger charge is 2.21. The molecule has 0 saturated carbocycles. The van der Waals surface area contributed by atoms with Gasteiger partial charge >= 0.3 is 0 Å². The molecule has 1 aromatic rings. The maximum absolute atomic E-state index is 11.9. The van der Waals surface area contributed by atoms with Gasteiger partial charge < -0.3 is 15.4 Å². The molecular weight excluding hydrogens is 252 g/mol. The van der Waals surface area contributed by atoms with Crippen molar-refractivity contribution >= 4 is 11.6 Å². The van der Waals surface area contributed by atoms with Gasteiger partial charge in [0.2, 0.25) is 5.91 Å². The molecule has 0 bridgehead atoms. The van der Waals surface area contributed by atoms with Crippen LogP contribution in [0.15, 0.2) is 24.3 Å². The van der Waals surface area contributed by atoms with Crippen LogP contribution in [-0.4, -0.2) is 26.1 Å². The molecule has 0 aliphatic carbocycles. The molecule has 0 radical (unpaired) electrons. The monoisotopic (exact) mass is 278 g/mol. The van der Waals surface area contributed by atoms with Gasteiger partial charge in [0.05, 0.1) is 13.7 Å². The number of amides is 1. The molecule has 20 heavy (non-hydrogen) atoms. The predicted octanol–water partition coefficient (Wildman–Crippen LogP) is 2.91. The number of carbonyl (C=O) groups excluding carboxylic acids is 1. The number of rotatable bonds is 7. The van der Waals surface area contributed by atoms with Crippen molar-refractivity contribution in [3.8, 4) is 5.75 Å². The van der Waals surface area contributed by atoms with E-state index in [1.165, 1.54) is 0 Å². The van der Waals surface area contributed by atoms with Gasteiger partial charge in [-0.25, -0.2) is 0 Å². The summed E-state index contributed by atoms with van der Waals surface area (Å²) in [5.41, 5.74) is 0.926. The average molecular weight is 278 g/mol. The molecule has 0 saturated heterocycles. The first-order chi connectivity index (χ1) is 9.35. The van der Waals surface area contributed by atoms with E-state index in [1.807, 2.05) is 18.2 Å². The zero-order chi connectivity index (χ0) is 15.2. The number of carbonyl (C=O) groups is 1. The standard InChI is InChI=1S/C16H26N2O2/c1-12(2)16(3,4)11-17-10-15(19)18-13-7-6-8-14(9-13)20-5/h6-9,12,17H,10-11H2,1-5H3,(H,18,19). The third-order valence-corrected chi connectivity index (χ3v) is 3.78. The lowest BCUT2D eigenvalue weighted by atomic mass is 9.81. The Hall–Kier alpha value is -1.55. The van der Waals surface area contributed by atoms with Crippen LogP contribution in [0.1, 0.15) is 27.7 Å². The molecule has 0 aliphatic heterocycles. The Balaban J connectivity index is 2.40. The number of methoxy groups -OCH3 is 1. The van der Waals surface area contributed by atoms with Crippen LogP contribution < -0.4 is 15.4 Å². The summed E-state index contributed by atoms with van der Waals surface area (Å²) in [6.45, 7) is 9.91. The van der Waals surface area contributed by atoms with E-state index in [0.29, 0.717) is 12.5 Å². The predicted molar refractivity (Wildman–Crippen MR) is 83.1 cm³/mol. The highest BCUT2D eigenvalue weighted by atomic mass is 16.5. The molecule has 2 N–H and O–H groups in total. The maximum atomic E-state index is 11.9. The minimum absolute atomic E-state index is 0.0437. The van der Waals surface area contributed by atoms with E-state index in [1.54, 1.807) is 13.2 Å². The van der Waals surface area contributed by atoms with E-state index in [9.17, 15) is 4.79 Å². The van der Waals surface area contributed by atoms with E-state index < -0.39 is 0 Å². The summed E-state index contributed by atoms with van der Waals surface area (Å²) in [5.74, 6) is 1.26. The first kappa shape index (κ1) is 16.5. The summed E-state index contributed by atoms with van der Waals surface area (Å²) in [4.78, 5) is 11.9. The SMILES string of the molecule is COc1cccc(NC(=O)CNCC(C)(C)C(C)C)c1. The molecule has 0 heterocycles. The fourth-order valence-corrected chi connectivity index (χ4v) is 1.61. The van der Waals surface area contributed by atoms with Crippen LogP contribution in [0.5, 0.6) is 5.75 Å². The topological polar surface area (TPSA) is 50.4 Å². The minimum Gasteiger partial charge on any atom is -0.497 e. The zero-order valence-electron chi connectivity index (χ0n) is 13.1. The highest BCUT2D eigenvalue weighted by Crippen LogP contribution is 2.24. The van der Waals surface area contributed by atoms with Crippen molar-refractivity contribution in [3.05, 3.63) is 24.3 Å². The number of hydrogen-bond acceptors (Lipinski definition) is 3. The molecule has 0 atom stereocenters. The van der Waals surface area contributed by atoms with Gasteiger partial charge in [0.25, 0.3) is 0 Å². The van der Waals surface area contributed by atoms with Crippen LogP contribution in [0.3, 0.4) is 0 Å². The Morgan fingerprint density at radius 2 is 2.05 bits per heavy atom. The first-order valence-corrected chi connectivity index (χ1v) is 7.00. The van der Waals surface area contributed by atoms with Gasteiger partial charge in [0.1, 0.15) is 5.75 Å². The van der Waals surface area contributed by atoms with Gasteiger partial charge in [-0.3, -0.25) is 4.79 Å². The number of anilines is 1. The fourth-order valence-electron chi connectivity index (χ4n) is 1.61. The Kier molecular flexibility index (Phi) is 6.02. The molecule has 0 aliphatic rings. The second-order valence-electron chi connectivity index (χ2n) is 6.03. The number of ether oxygens (including phenoxy) is 1. The van der Waals surface area contributed by atoms with E-state index in [2.05, 4.69) is 38.3 Å². The lowest BCUT2D eigenvalue weighted by molar-refractivity contribution is -0.115. The normalized spacial score (nSPS) is 11.5. The quantitative estimate of drug-likeness (QED) is 0.806. The molecule has 1 aromatic carbocycles. The molecule has 0 aromatic heterocycles. The van der Waals surface area contributed by atoms with Crippen molar-refractivity contribution in [2.24, 2.45) is 11.3 Å². The second-order valence-corrected chi connectivity index (χ2v) is 6.03. The maximum Gasteiger partial charge on any atom is 0.238 e. The molecule has 112 valence electrons. The molecule has 1 amide bonds. The Bertz CT molecular complexity index is 442. The van der Waals surface area contributed by atoms with Gasteiger partial charge in [0, 0.05) is 18.3 Å². The first-order valence-electron chi connectivity index (χ1n) is 7.00. The van der Waals surface area contributed by atoms with Crippen molar-refractivity contribution in [2.45, 2.75) is 27.7 Å². The van der Waals surface area contributed by atoms with Crippen LogP contribution in [-0.2, 0) is 4.79 Å². The number of nitrogens with one attached hydrogen (secondary N) is 2. The van der Waals surface area contributed by atoms with Crippen LogP contribution in [0.2, 0.25) is 0 Å². The van der Waals surface area contributed by atoms with Crippen molar-refractivity contribution < 1.29 is 9.53 Å². The summed E-state index contributed by atoms with van der Waals surface area (Å²) >= 11 is 0. The lowest BCUT2D eigenvalue weighted by Gasteiger charge is -2.29. The molecule has 0 spiro atoms. The largest absolute Gasteiger partial charge is 0.497 e.